The van der Waals surface area contributed by atoms with E-state index in [1.807, 2.05) is 108 Å². The molecule has 4 aromatic carbocycles. The first-order chi connectivity index (χ1) is 22.2. The lowest BCUT2D eigenvalue weighted by molar-refractivity contribution is -0.116. The average molecular weight is 602 g/mol. The summed E-state index contributed by atoms with van der Waals surface area (Å²) in [6, 6.07) is 37.3. The number of para-hydroxylation sites is 2. The maximum absolute atomic E-state index is 13.7. The summed E-state index contributed by atoms with van der Waals surface area (Å²) >= 11 is 0. The van der Waals surface area contributed by atoms with Crippen LogP contribution < -0.4 is 20.7 Å². The Hall–Kier alpha value is -4.92. The molecule has 0 saturated carbocycles. The highest BCUT2D eigenvalue weighted by Crippen LogP contribution is 2.22. The highest BCUT2D eigenvalue weighted by atomic mass is 16.5. The van der Waals surface area contributed by atoms with Crippen LogP contribution in [0.5, 0.6) is 5.75 Å². The van der Waals surface area contributed by atoms with E-state index in [-0.39, 0.29) is 18.1 Å². The Morgan fingerprint density at radius 3 is 2.40 bits per heavy atom. The number of amides is 1. The molecule has 0 radical (unpaired) electrons. The van der Waals surface area contributed by atoms with Gasteiger partial charge in [-0.1, -0.05) is 66.7 Å². The SMILES string of the molecule is O=C(Nc1ccccc1CC[C@@H]1CNC[C@@H](COc2ccc(-n3cccn3)cc2)O1)[C@H](Cc1ccccc1)Nc1ccccc1. The zero-order valence-electron chi connectivity index (χ0n) is 25.2. The van der Waals surface area contributed by atoms with Crippen molar-refractivity contribution in [2.75, 3.05) is 30.3 Å². The molecule has 1 aliphatic rings. The molecule has 1 saturated heterocycles. The first-order valence-corrected chi connectivity index (χ1v) is 15.5. The summed E-state index contributed by atoms with van der Waals surface area (Å²) in [5.41, 5.74) is 4.91. The molecule has 3 atom stereocenters. The van der Waals surface area contributed by atoms with Crippen LogP contribution in [0.2, 0.25) is 0 Å². The maximum atomic E-state index is 13.7. The monoisotopic (exact) mass is 601 g/mol. The molecule has 8 nitrogen and oxygen atoms in total. The van der Waals surface area contributed by atoms with Crippen LogP contribution in [-0.2, 0) is 22.4 Å². The summed E-state index contributed by atoms with van der Waals surface area (Å²) in [5.74, 6) is 0.731. The normalized spacial score (nSPS) is 16.9. The van der Waals surface area contributed by atoms with Gasteiger partial charge in [-0.05, 0) is 72.5 Å². The first-order valence-electron chi connectivity index (χ1n) is 15.5. The number of carbonyl (C=O) groups excluding carboxylic acids is 1. The van der Waals surface area contributed by atoms with Gasteiger partial charge in [0.15, 0.2) is 0 Å². The molecule has 6 rings (SSSR count). The van der Waals surface area contributed by atoms with E-state index in [0.717, 1.165) is 59.9 Å². The topological polar surface area (TPSA) is 89.4 Å². The Balaban J connectivity index is 1.03. The second kappa shape index (κ2) is 15.2. The lowest BCUT2D eigenvalue weighted by Crippen LogP contribution is -2.47. The van der Waals surface area contributed by atoms with Crippen LogP contribution in [-0.4, -0.2) is 53.6 Å². The predicted octanol–water partition coefficient (Wildman–Crippen LogP) is 5.90. The van der Waals surface area contributed by atoms with Crippen LogP contribution in [0.4, 0.5) is 11.4 Å². The van der Waals surface area contributed by atoms with E-state index in [4.69, 9.17) is 9.47 Å². The zero-order chi connectivity index (χ0) is 30.7. The predicted molar refractivity (Wildman–Crippen MR) is 178 cm³/mol. The molecule has 0 spiro atoms. The number of nitrogens with zero attached hydrogens (tertiary/aromatic N) is 2. The second-order valence-corrected chi connectivity index (χ2v) is 11.2. The molecule has 0 bridgehead atoms. The molecular formula is C37H39N5O3. The minimum atomic E-state index is -0.434. The van der Waals surface area contributed by atoms with Crippen molar-refractivity contribution >= 4 is 17.3 Å². The lowest BCUT2D eigenvalue weighted by Gasteiger charge is -2.31. The number of benzene rings is 4. The highest BCUT2D eigenvalue weighted by molar-refractivity contribution is 5.97. The molecule has 2 heterocycles. The van der Waals surface area contributed by atoms with E-state index in [0.29, 0.717) is 13.0 Å². The van der Waals surface area contributed by atoms with Gasteiger partial charge < -0.3 is 25.4 Å². The fourth-order valence-electron chi connectivity index (χ4n) is 5.54. The molecule has 3 N–H and O–H groups in total. The van der Waals surface area contributed by atoms with Crippen LogP contribution in [0.15, 0.2) is 128 Å². The molecule has 1 amide bonds. The van der Waals surface area contributed by atoms with Crippen molar-refractivity contribution in [3.63, 3.8) is 0 Å². The molecule has 0 unspecified atom stereocenters. The number of carbonyl (C=O) groups is 1. The number of hydrogen-bond donors (Lipinski definition) is 3. The van der Waals surface area contributed by atoms with Gasteiger partial charge in [-0.3, -0.25) is 4.79 Å². The van der Waals surface area contributed by atoms with Gasteiger partial charge >= 0.3 is 0 Å². The number of morpholine rings is 1. The number of anilines is 2. The fourth-order valence-corrected chi connectivity index (χ4v) is 5.54. The molecule has 0 aliphatic carbocycles. The number of rotatable bonds is 13. The van der Waals surface area contributed by atoms with Crippen molar-refractivity contribution in [1.29, 1.82) is 0 Å². The third-order valence-corrected chi connectivity index (χ3v) is 7.90. The minimum Gasteiger partial charge on any atom is -0.491 e. The number of aromatic nitrogens is 2. The Labute approximate surface area is 264 Å². The van der Waals surface area contributed by atoms with Crippen LogP contribution >= 0.6 is 0 Å². The molecule has 1 fully saturated rings. The minimum absolute atomic E-state index is 0.0453. The van der Waals surface area contributed by atoms with Gasteiger partial charge in [0.2, 0.25) is 5.91 Å². The molecular weight excluding hydrogens is 562 g/mol. The molecule has 8 heteroatoms. The van der Waals surface area contributed by atoms with Crippen LogP contribution in [0.3, 0.4) is 0 Å². The van der Waals surface area contributed by atoms with Crippen molar-refractivity contribution < 1.29 is 14.3 Å². The number of hydrogen-bond acceptors (Lipinski definition) is 6. The quantitative estimate of drug-likeness (QED) is 0.156. The first kappa shape index (κ1) is 30.1. The van der Waals surface area contributed by atoms with E-state index in [9.17, 15) is 4.79 Å². The van der Waals surface area contributed by atoms with Gasteiger partial charge in [-0.2, -0.15) is 5.10 Å². The third kappa shape index (κ3) is 8.59. The van der Waals surface area contributed by atoms with E-state index in [2.05, 4.69) is 39.2 Å². The lowest BCUT2D eigenvalue weighted by atomic mass is 10.0. The molecule has 5 aromatic rings. The average Bonchev–Trinajstić information content (AvgIpc) is 3.63. The van der Waals surface area contributed by atoms with Gasteiger partial charge in [-0.25, -0.2) is 4.68 Å². The van der Waals surface area contributed by atoms with Crippen LogP contribution in [0.1, 0.15) is 17.5 Å². The smallest absolute Gasteiger partial charge is 0.247 e. The van der Waals surface area contributed by atoms with Gasteiger partial charge in [-0.15, -0.1) is 0 Å². The Morgan fingerprint density at radius 1 is 0.889 bits per heavy atom. The van der Waals surface area contributed by atoms with Gasteiger partial charge in [0.25, 0.3) is 0 Å². The largest absolute Gasteiger partial charge is 0.491 e. The van der Waals surface area contributed by atoms with Crippen LogP contribution in [0, 0.1) is 0 Å². The number of aryl methyl sites for hydroxylation is 1. The second-order valence-electron chi connectivity index (χ2n) is 11.2. The Bertz CT molecular complexity index is 1570. The van der Waals surface area contributed by atoms with Crippen molar-refractivity contribution in [2.24, 2.45) is 0 Å². The number of ether oxygens (including phenoxy) is 2. The summed E-state index contributed by atoms with van der Waals surface area (Å²) in [6.07, 6.45) is 5.84. The summed E-state index contributed by atoms with van der Waals surface area (Å²) in [4.78, 5) is 13.7. The van der Waals surface area contributed by atoms with Crippen LogP contribution in [0.25, 0.3) is 5.69 Å². The van der Waals surface area contributed by atoms with E-state index < -0.39 is 6.04 Å². The van der Waals surface area contributed by atoms with Crippen molar-refractivity contribution in [3.8, 4) is 11.4 Å². The highest BCUT2D eigenvalue weighted by Gasteiger charge is 2.24. The summed E-state index contributed by atoms with van der Waals surface area (Å²) in [5, 5.41) is 14.4. The zero-order valence-corrected chi connectivity index (χ0v) is 25.2. The summed E-state index contributed by atoms with van der Waals surface area (Å²) in [6.45, 7) is 1.99. The summed E-state index contributed by atoms with van der Waals surface area (Å²) < 4.78 is 14.3. The van der Waals surface area contributed by atoms with Gasteiger partial charge in [0.05, 0.1) is 11.8 Å². The van der Waals surface area contributed by atoms with Gasteiger partial charge in [0, 0.05) is 43.3 Å². The van der Waals surface area contributed by atoms with E-state index in [1.54, 1.807) is 6.20 Å². The molecule has 230 valence electrons. The van der Waals surface area contributed by atoms with Crippen molar-refractivity contribution in [2.45, 2.75) is 37.5 Å². The van der Waals surface area contributed by atoms with Gasteiger partial charge in [0.1, 0.15) is 24.5 Å². The molecule has 1 aromatic heterocycles. The molecule has 45 heavy (non-hydrogen) atoms. The Kier molecular flexibility index (Phi) is 10.2. The van der Waals surface area contributed by atoms with Crippen molar-refractivity contribution in [1.82, 2.24) is 15.1 Å². The third-order valence-electron chi connectivity index (χ3n) is 7.90. The van der Waals surface area contributed by atoms with E-state index >= 15 is 0 Å². The van der Waals surface area contributed by atoms with Crippen molar-refractivity contribution in [3.05, 3.63) is 139 Å². The number of nitrogens with one attached hydrogen (secondary N) is 3. The molecule has 1 aliphatic heterocycles. The fraction of sp³-hybridized carbons (Fsp3) is 0.243. The van der Waals surface area contributed by atoms with E-state index in [1.165, 1.54) is 0 Å². The Morgan fingerprint density at radius 2 is 1.62 bits per heavy atom. The maximum Gasteiger partial charge on any atom is 0.247 e. The summed E-state index contributed by atoms with van der Waals surface area (Å²) in [7, 11) is 0. The standard InChI is InChI=1S/C37H39N5O3/c43-37(36(24-28-10-3-1-4-11-28)40-30-13-5-2-6-14-30)41-35-15-8-7-12-29(35)16-19-33-25-38-26-34(45-33)27-44-32-20-17-31(18-21-32)42-23-9-22-39-42/h1-15,17-18,20-23,33-34,36,38,40H,16,19,24-27H2,(H,41,43)/t33-,34+,36+/m1/s1.